The number of hydrogen-bond acceptors (Lipinski definition) is 4. The molecule has 0 amide bonds. The van der Waals surface area contributed by atoms with Crippen LogP contribution in [-0.4, -0.2) is 53.0 Å². The summed E-state index contributed by atoms with van der Waals surface area (Å²) in [6.07, 6.45) is 1.89. The zero-order chi connectivity index (χ0) is 16.4. The quantitative estimate of drug-likeness (QED) is 0.507. The molecule has 0 aliphatic carbocycles. The SMILES string of the molecule is CS(=O)(=O)[N]([Bi]([c]1ccccc1)[c]1ccccc1)S(C)(=O)=O. The van der Waals surface area contributed by atoms with Gasteiger partial charge >= 0.3 is 140 Å². The van der Waals surface area contributed by atoms with Gasteiger partial charge in [-0.05, 0) is 0 Å². The van der Waals surface area contributed by atoms with Crippen LogP contribution in [0.15, 0.2) is 60.7 Å². The van der Waals surface area contributed by atoms with Gasteiger partial charge in [-0.25, -0.2) is 0 Å². The summed E-state index contributed by atoms with van der Waals surface area (Å²) < 4.78 is 51.0. The molecule has 0 fully saturated rings. The van der Waals surface area contributed by atoms with Gasteiger partial charge in [-0.1, -0.05) is 0 Å². The Morgan fingerprint density at radius 2 is 1.00 bits per heavy atom. The first-order chi connectivity index (χ1) is 10.2. The van der Waals surface area contributed by atoms with Crippen LogP contribution in [0, 0.1) is 0 Å². The van der Waals surface area contributed by atoms with Gasteiger partial charge in [0.2, 0.25) is 0 Å². The Balaban J connectivity index is 2.73. The fraction of sp³-hybridized carbons (Fsp3) is 0.143. The second-order valence-electron chi connectivity index (χ2n) is 4.69. The van der Waals surface area contributed by atoms with Gasteiger partial charge in [0.1, 0.15) is 0 Å². The van der Waals surface area contributed by atoms with Crippen molar-refractivity contribution in [1.29, 1.82) is 0 Å². The molecule has 2 aromatic carbocycles. The zero-order valence-electron chi connectivity index (χ0n) is 12.1. The molecule has 0 aliphatic heterocycles. The van der Waals surface area contributed by atoms with Crippen LogP contribution in [0.4, 0.5) is 0 Å². The van der Waals surface area contributed by atoms with Crippen LogP contribution in [0.1, 0.15) is 0 Å². The van der Waals surface area contributed by atoms with E-state index < -0.39 is 42.1 Å². The van der Waals surface area contributed by atoms with E-state index in [4.69, 9.17) is 0 Å². The Labute approximate surface area is 139 Å². The van der Waals surface area contributed by atoms with Crippen molar-refractivity contribution in [3.63, 3.8) is 0 Å². The average molecular weight is 535 g/mol. The summed E-state index contributed by atoms with van der Waals surface area (Å²) in [6, 6.07) is 18.0. The van der Waals surface area contributed by atoms with Crippen molar-refractivity contribution in [3.05, 3.63) is 60.7 Å². The molecule has 0 spiro atoms. The molecule has 0 aromatic heterocycles. The summed E-state index contributed by atoms with van der Waals surface area (Å²) in [5.41, 5.74) is 0. The van der Waals surface area contributed by atoms with Crippen LogP contribution >= 0.6 is 0 Å². The summed E-state index contributed by atoms with van der Waals surface area (Å²) in [5, 5.41) is 0. The van der Waals surface area contributed by atoms with Crippen molar-refractivity contribution in [2.75, 3.05) is 12.5 Å². The van der Waals surface area contributed by atoms with E-state index in [0.29, 0.717) is 0 Å². The van der Waals surface area contributed by atoms with Gasteiger partial charge in [0.25, 0.3) is 0 Å². The molecule has 2 aromatic rings. The summed E-state index contributed by atoms with van der Waals surface area (Å²) in [5.74, 6) is 0. The van der Waals surface area contributed by atoms with Crippen molar-refractivity contribution in [2.45, 2.75) is 0 Å². The van der Waals surface area contributed by atoms with E-state index >= 15 is 0 Å². The third-order valence-corrected chi connectivity index (χ3v) is 22.7. The van der Waals surface area contributed by atoms with Crippen molar-refractivity contribution in [3.8, 4) is 0 Å². The van der Waals surface area contributed by atoms with Gasteiger partial charge in [0.15, 0.2) is 0 Å². The van der Waals surface area contributed by atoms with Crippen molar-refractivity contribution >= 4 is 48.6 Å². The number of rotatable bonds is 5. The van der Waals surface area contributed by atoms with Gasteiger partial charge in [0, 0.05) is 0 Å². The van der Waals surface area contributed by atoms with Crippen LogP contribution < -0.4 is 6.54 Å². The van der Waals surface area contributed by atoms with Gasteiger partial charge in [-0.2, -0.15) is 0 Å². The molecule has 0 aliphatic rings. The summed E-state index contributed by atoms with van der Waals surface area (Å²) >= 11 is -3.47. The minimum atomic E-state index is -3.88. The third kappa shape index (κ3) is 4.13. The van der Waals surface area contributed by atoms with Crippen LogP contribution in [-0.2, 0) is 20.0 Å². The molecule has 2 rings (SSSR count). The third-order valence-electron chi connectivity index (χ3n) is 2.73. The summed E-state index contributed by atoms with van der Waals surface area (Å²) in [7, 11) is -7.76. The van der Waals surface area contributed by atoms with E-state index in [0.717, 1.165) is 20.7 Å². The Morgan fingerprint density at radius 1 is 0.682 bits per heavy atom. The molecular formula is C14H16BiNO4S2. The Bertz CT molecular complexity index is 765. The van der Waals surface area contributed by atoms with E-state index in [1.165, 1.54) is 0 Å². The maximum absolute atomic E-state index is 12.2. The minimum absolute atomic E-state index is 0.764. The number of nitrogens with zero attached hydrogens (tertiary/aromatic N) is 1. The van der Waals surface area contributed by atoms with Crippen molar-refractivity contribution in [2.24, 2.45) is 0 Å². The van der Waals surface area contributed by atoms with Crippen LogP contribution in [0.5, 0.6) is 0 Å². The summed E-state index contributed by atoms with van der Waals surface area (Å²) in [6.45, 7) is 0. The van der Waals surface area contributed by atoms with E-state index in [-0.39, 0.29) is 0 Å². The molecule has 0 saturated carbocycles. The Morgan fingerprint density at radius 3 is 1.27 bits per heavy atom. The van der Waals surface area contributed by atoms with Crippen molar-refractivity contribution < 1.29 is 16.8 Å². The predicted octanol–water partition coefficient (Wildman–Crippen LogP) is 0.0135. The molecule has 8 heteroatoms. The monoisotopic (exact) mass is 535 g/mol. The van der Waals surface area contributed by atoms with Gasteiger partial charge in [-0.15, -0.1) is 0 Å². The molecule has 0 radical (unpaired) electrons. The molecular weight excluding hydrogens is 519 g/mol. The topological polar surface area (TPSA) is 71.5 Å². The van der Waals surface area contributed by atoms with Gasteiger partial charge in [-0.3, -0.25) is 0 Å². The number of sulfonamides is 2. The van der Waals surface area contributed by atoms with Gasteiger partial charge in [0.05, 0.1) is 0 Å². The predicted molar refractivity (Wildman–Crippen MR) is 89.4 cm³/mol. The molecule has 0 atom stereocenters. The molecule has 0 heterocycles. The second-order valence-corrected chi connectivity index (χ2v) is 18.8. The van der Waals surface area contributed by atoms with Gasteiger partial charge < -0.3 is 0 Å². The van der Waals surface area contributed by atoms with Crippen molar-refractivity contribution in [1.82, 2.24) is 1.65 Å². The zero-order valence-corrected chi connectivity index (χ0v) is 17.2. The standard InChI is InChI=1S/2C6H5.C2H6NO4S2.Bi/c2*1-2-4-6-5-3-1;1-8(4,5)3-9(2,6)7;/h2*1-5H;1-2H3;/q;;-1;+1. The second kappa shape index (κ2) is 6.75. The molecule has 0 bridgehead atoms. The number of benzene rings is 2. The molecule has 0 unspecified atom stereocenters. The van der Waals surface area contributed by atoms with E-state index in [1.54, 1.807) is 48.5 Å². The fourth-order valence-electron chi connectivity index (χ4n) is 2.02. The molecule has 22 heavy (non-hydrogen) atoms. The van der Waals surface area contributed by atoms with Crippen LogP contribution in [0.3, 0.4) is 0 Å². The van der Waals surface area contributed by atoms with E-state index in [1.807, 2.05) is 12.1 Å². The molecule has 5 nitrogen and oxygen atoms in total. The van der Waals surface area contributed by atoms with Crippen LogP contribution in [0.25, 0.3) is 0 Å². The maximum atomic E-state index is 12.2. The van der Waals surface area contributed by atoms with Crippen LogP contribution in [0.2, 0.25) is 0 Å². The van der Waals surface area contributed by atoms with E-state index in [2.05, 4.69) is 0 Å². The molecule has 0 saturated heterocycles. The first-order valence-corrected chi connectivity index (χ1v) is 15.0. The average Bonchev–Trinajstić information content (AvgIpc) is 2.44. The fourth-order valence-corrected chi connectivity index (χ4v) is 21.0. The van der Waals surface area contributed by atoms with E-state index in [9.17, 15) is 16.8 Å². The Hall–Kier alpha value is -0.817. The number of hydrogen-bond donors (Lipinski definition) is 0. The Kier molecular flexibility index (Phi) is 5.38. The first-order valence-electron chi connectivity index (χ1n) is 6.32. The molecule has 118 valence electrons. The first kappa shape index (κ1) is 17.5. The normalized spacial score (nSPS) is 12.7. The molecule has 0 N–H and O–H groups in total. The summed E-state index contributed by atoms with van der Waals surface area (Å²) in [4.78, 5) is 0.